The second-order valence-electron chi connectivity index (χ2n) is 7.00. The third kappa shape index (κ3) is 5.74. The van der Waals surface area contributed by atoms with Crippen LogP contribution in [-0.2, 0) is 19.4 Å². The van der Waals surface area contributed by atoms with Crippen LogP contribution in [0.4, 0.5) is 0 Å². The highest BCUT2D eigenvalue weighted by Crippen LogP contribution is 2.27. The molecule has 4 heteroatoms. The first kappa shape index (κ1) is 18.7. The molecule has 1 heterocycles. The highest BCUT2D eigenvalue weighted by molar-refractivity contribution is 9.10. The summed E-state index contributed by atoms with van der Waals surface area (Å²) in [6, 6.07) is 0.507. The zero-order valence-corrected chi connectivity index (χ0v) is 16.2. The van der Waals surface area contributed by atoms with Crippen LogP contribution in [0.15, 0.2) is 4.47 Å². The van der Waals surface area contributed by atoms with Crippen LogP contribution in [-0.4, -0.2) is 22.4 Å². The summed E-state index contributed by atoms with van der Waals surface area (Å²) in [5, 5.41) is 8.44. The van der Waals surface area contributed by atoms with Crippen molar-refractivity contribution in [1.29, 1.82) is 0 Å². The van der Waals surface area contributed by atoms with Gasteiger partial charge in [0.25, 0.3) is 0 Å². The molecule has 3 nitrogen and oxygen atoms in total. The van der Waals surface area contributed by atoms with Crippen molar-refractivity contribution in [2.75, 3.05) is 6.54 Å². The van der Waals surface area contributed by atoms with E-state index >= 15 is 0 Å². The number of halogens is 1. The Hall–Kier alpha value is -0.350. The maximum atomic E-state index is 4.72. The number of aryl methyl sites for hydroxylation is 2. The van der Waals surface area contributed by atoms with Gasteiger partial charge in [-0.15, -0.1) is 0 Å². The maximum absolute atomic E-state index is 4.72. The molecule has 1 aromatic heterocycles. The number of aromatic nitrogens is 2. The van der Waals surface area contributed by atoms with Gasteiger partial charge in [0.2, 0.25) is 0 Å². The molecule has 122 valence electrons. The van der Waals surface area contributed by atoms with Crippen LogP contribution in [0.2, 0.25) is 0 Å². The number of hydrogen-bond donors (Lipinski definition) is 1. The van der Waals surface area contributed by atoms with E-state index < -0.39 is 0 Å². The standard InChI is InChI=1S/C17H32BrN3/c1-7-10-19-13(12-17(4,5)6)11-15-16(18)14(8-2)20-21(15)9-3/h13,19H,7-12H2,1-6H3. The monoisotopic (exact) mass is 357 g/mol. The molecule has 0 aliphatic heterocycles. The summed E-state index contributed by atoms with van der Waals surface area (Å²) in [7, 11) is 0. The van der Waals surface area contributed by atoms with Crippen LogP contribution in [0.5, 0.6) is 0 Å². The van der Waals surface area contributed by atoms with Gasteiger partial charge in [-0.3, -0.25) is 4.68 Å². The van der Waals surface area contributed by atoms with Gasteiger partial charge in [-0.1, -0.05) is 34.6 Å². The summed E-state index contributed by atoms with van der Waals surface area (Å²) in [4.78, 5) is 0. The SMILES string of the molecule is CCCNC(Cc1c(Br)c(CC)nn1CC)CC(C)(C)C. The summed E-state index contributed by atoms with van der Waals surface area (Å²) in [5.41, 5.74) is 2.85. The molecule has 1 atom stereocenters. The second kappa shape index (κ2) is 8.33. The topological polar surface area (TPSA) is 29.9 Å². The van der Waals surface area contributed by atoms with Crippen molar-refractivity contribution in [3.63, 3.8) is 0 Å². The first-order valence-electron chi connectivity index (χ1n) is 8.29. The maximum Gasteiger partial charge on any atom is 0.0766 e. The molecule has 0 amide bonds. The third-order valence-corrected chi connectivity index (χ3v) is 4.59. The van der Waals surface area contributed by atoms with Gasteiger partial charge in [0.1, 0.15) is 0 Å². The van der Waals surface area contributed by atoms with Crippen molar-refractivity contribution < 1.29 is 0 Å². The van der Waals surface area contributed by atoms with E-state index in [2.05, 4.69) is 67.5 Å². The fourth-order valence-electron chi connectivity index (χ4n) is 2.75. The number of rotatable bonds is 8. The Balaban J connectivity index is 2.93. The molecular weight excluding hydrogens is 326 g/mol. The Kier molecular flexibility index (Phi) is 7.41. The molecule has 21 heavy (non-hydrogen) atoms. The number of nitrogens with one attached hydrogen (secondary N) is 1. The predicted molar refractivity (Wildman–Crippen MR) is 94.8 cm³/mol. The molecule has 0 aliphatic carbocycles. The van der Waals surface area contributed by atoms with E-state index in [0.717, 1.165) is 25.9 Å². The molecule has 1 N–H and O–H groups in total. The van der Waals surface area contributed by atoms with Crippen molar-refractivity contribution in [2.45, 2.75) is 79.8 Å². The van der Waals surface area contributed by atoms with Gasteiger partial charge in [-0.25, -0.2) is 0 Å². The van der Waals surface area contributed by atoms with E-state index in [1.54, 1.807) is 0 Å². The summed E-state index contributed by atoms with van der Waals surface area (Å²) in [6.45, 7) is 15.5. The first-order valence-corrected chi connectivity index (χ1v) is 9.09. The lowest BCUT2D eigenvalue weighted by Crippen LogP contribution is -2.36. The van der Waals surface area contributed by atoms with E-state index in [0.29, 0.717) is 11.5 Å². The normalized spacial score (nSPS) is 13.7. The zero-order valence-electron chi connectivity index (χ0n) is 14.6. The largest absolute Gasteiger partial charge is 0.314 e. The van der Waals surface area contributed by atoms with Crippen LogP contribution >= 0.6 is 15.9 Å². The van der Waals surface area contributed by atoms with Crippen LogP contribution in [0.3, 0.4) is 0 Å². The molecule has 0 saturated carbocycles. The molecule has 0 fully saturated rings. The predicted octanol–water partition coefficient (Wildman–Crippen LogP) is 4.57. The summed E-state index contributed by atoms with van der Waals surface area (Å²) >= 11 is 3.77. The van der Waals surface area contributed by atoms with E-state index in [-0.39, 0.29) is 0 Å². The molecule has 0 aromatic carbocycles. The molecule has 0 saturated heterocycles. The molecule has 1 aromatic rings. The van der Waals surface area contributed by atoms with Crippen molar-refractivity contribution in [3.8, 4) is 0 Å². The Labute approximate surface area is 139 Å². The lowest BCUT2D eigenvalue weighted by atomic mass is 9.86. The Morgan fingerprint density at radius 2 is 1.90 bits per heavy atom. The average Bonchev–Trinajstić information content (AvgIpc) is 2.71. The summed E-state index contributed by atoms with van der Waals surface area (Å²) in [6.07, 6.45) is 4.37. The van der Waals surface area contributed by atoms with Crippen molar-refractivity contribution in [2.24, 2.45) is 5.41 Å². The Bertz CT molecular complexity index is 432. The van der Waals surface area contributed by atoms with Crippen molar-refractivity contribution in [3.05, 3.63) is 15.9 Å². The quantitative estimate of drug-likeness (QED) is 0.737. The molecule has 1 rings (SSSR count). The highest BCUT2D eigenvalue weighted by atomic mass is 79.9. The number of nitrogens with zero attached hydrogens (tertiary/aromatic N) is 2. The molecule has 0 aliphatic rings. The van der Waals surface area contributed by atoms with Gasteiger partial charge < -0.3 is 5.32 Å². The van der Waals surface area contributed by atoms with Crippen LogP contribution < -0.4 is 5.32 Å². The van der Waals surface area contributed by atoms with Gasteiger partial charge >= 0.3 is 0 Å². The van der Waals surface area contributed by atoms with E-state index in [4.69, 9.17) is 5.10 Å². The van der Waals surface area contributed by atoms with Crippen LogP contribution in [0.25, 0.3) is 0 Å². The van der Waals surface area contributed by atoms with Gasteiger partial charge in [0.05, 0.1) is 15.9 Å². The van der Waals surface area contributed by atoms with E-state index in [1.807, 2.05) is 0 Å². The van der Waals surface area contributed by atoms with Gasteiger partial charge in [-0.2, -0.15) is 5.10 Å². The third-order valence-electron chi connectivity index (χ3n) is 3.68. The fraction of sp³-hybridized carbons (Fsp3) is 0.824. The Morgan fingerprint density at radius 3 is 2.38 bits per heavy atom. The van der Waals surface area contributed by atoms with Crippen LogP contribution in [0, 0.1) is 5.41 Å². The van der Waals surface area contributed by atoms with E-state index in [9.17, 15) is 0 Å². The molecular formula is C17H32BrN3. The van der Waals surface area contributed by atoms with Gasteiger partial charge in [0, 0.05) is 19.0 Å². The summed E-state index contributed by atoms with van der Waals surface area (Å²) in [5.74, 6) is 0. The minimum Gasteiger partial charge on any atom is -0.314 e. The second-order valence-corrected chi connectivity index (χ2v) is 7.79. The first-order chi connectivity index (χ1) is 9.82. The number of hydrogen-bond acceptors (Lipinski definition) is 2. The molecule has 0 bridgehead atoms. The Morgan fingerprint density at radius 1 is 1.24 bits per heavy atom. The van der Waals surface area contributed by atoms with Gasteiger partial charge in [-0.05, 0) is 54.1 Å². The highest BCUT2D eigenvalue weighted by Gasteiger charge is 2.22. The summed E-state index contributed by atoms with van der Waals surface area (Å²) < 4.78 is 3.37. The molecule has 0 radical (unpaired) electrons. The molecule has 0 spiro atoms. The lowest BCUT2D eigenvalue weighted by molar-refractivity contribution is 0.303. The fourth-order valence-corrected chi connectivity index (χ4v) is 3.48. The van der Waals surface area contributed by atoms with Crippen molar-refractivity contribution >= 4 is 15.9 Å². The van der Waals surface area contributed by atoms with Gasteiger partial charge in [0.15, 0.2) is 0 Å². The smallest absolute Gasteiger partial charge is 0.0766 e. The average molecular weight is 358 g/mol. The zero-order chi connectivity index (χ0) is 16.0. The van der Waals surface area contributed by atoms with E-state index in [1.165, 1.54) is 28.7 Å². The lowest BCUT2D eigenvalue weighted by Gasteiger charge is -2.27. The minimum atomic E-state index is 0.336. The molecule has 1 unspecified atom stereocenters. The minimum absolute atomic E-state index is 0.336. The van der Waals surface area contributed by atoms with Crippen LogP contribution in [0.1, 0.15) is 65.8 Å². The van der Waals surface area contributed by atoms with Crippen molar-refractivity contribution in [1.82, 2.24) is 15.1 Å².